The minimum Gasteiger partial charge on any atom is -0.494 e. The van der Waals surface area contributed by atoms with E-state index in [0.717, 1.165) is 115 Å². The highest BCUT2D eigenvalue weighted by Crippen LogP contribution is 2.42. The lowest BCUT2D eigenvalue weighted by molar-refractivity contribution is -0.120. The van der Waals surface area contributed by atoms with Crippen molar-refractivity contribution in [1.29, 1.82) is 0 Å². The van der Waals surface area contributed by atoms with E-state index in [9.17, 15) is 14.2 Å². The van der Waals surface area contributed by atoms with Gasteiger partial charge in [0.05, 0.1) is 33.8 Å². The molecule has 0 unspecified atom stereocenters. The molecule has 0 bridgehead atoms. The van der Waals surface area contributed by atoms with Gasteiger partial charge in [-0.1, -0.05) is 6.92 Å². The summed E-state index contributed by atoms with van der Waals surface area (Å²) in [7, 11) is -1.07. The van der Waals surface area contributed by atoms with Crippen molar-refractivity contribution >= 4 is 91.6 Å². The summed E-state index contributed by atoms with van der Waals surface area (Å²) in [4.78, 5) is 56.7. The summed E-state index contributed by atoms with van der Waals surface area (Å²) in [6.45, 7) is 18.7. The Labute approximate surface area is 401 Å². The SMILES string of the molecule is CCc1cc(Nc2ncc(Br)c(Nc3ccc4nccnc4c3P(C)(C)=O)n2)c(OC)cc1N1CCC(N2CCN(CCN3CCN(c4ccc(N5CCC(=O)NC5=O)cc4)CC3)CC2)CC1. The number of aromatic nitrogens is 4. The Balaban J connectivity index is 0.746. The second-order valence-corrected chi connectivity index (χ2v) is 22.1. The van der Waals surface area contributed by atoms with Crippen molar-refractivity contribution in [3.63, 3.8) is 0 Å². The van der Waals surface area contributed by atoms with E-state index in [0.29, 0.717) is 57.3 Å². The average Bonchev–Trinajstić information content (AvgIpc) is 3.34. The number of nitrogens with zero attached hydrogens (tertiary/aromatic N) is 10. The molecule has 4 saturated heterocycles. The second kappa shape index (κ2) is 20.5. The van der Waals surface area contributed by atoms with Crippen LogP contribution in [0.5, 0.6) is 5.75 Å². The maximum absolute atomic E-state index is 13.5. The van der Waals surface area contributed by atoms with Crippen LogP contribution in [0, 0.1) is 0 Å². The lowest BCUT2D eigenvalue weighted by Gasteiger charge is -2.44. The largest absolute Gasteiger partial charge is 0.494 e. The summed E-state index contributed by atoms with van der Waals surface area (Å²) >= 11 is 3.61. The summed E-state index contributed by atoms with van der Waals surface area (Å²) in [5.74, 6) is 1.42. The Kier molecular flexibility index (Phi) is 14.3. The number of aryl methyl sites for hydroxylation is 1. The highest BCUT2D eigenvalue weighted by Gasteiger charge is 2.30. The number of carbonyl (C=O) groups excluding carboxylic acids is 2. The zero-order valence-corrected chi connectivity index (χ0v) is 41.4. The van der Waals surface area contributed by atoms with Gasteiger partial charge in [-0.2, -0.15) is 4.98 Å². The van der Waals surface area contributed by atoms with Gasteiger partial charge in [0.1, 0.15) is 24.2 Å². The summed E-state index contributed by atoms with van der Waals surface area (Å²) in [6, 6.07) is 16.4. The van der Waals surface area contributed by atoms with E-state index in [2.05, 4.69) is 103 Å². The molecule has 3 amide bonds. The zero-order valence-electron chi connectivity index (χ0n) is 38.9. The zero-order chi connectivity index (χ0) is 46.7. The number of hydrogen-bond acceptors (Lipinski definition) is 15. The van der Waals surface area contributed by atoms with E-state index in [4.69, 9.17) is 9.72 Å². The first-order chi connectivity index (χ1) is 32.4. The summed E-state index contributed by atoms with van der Waals surface area (Å²) in [5, 5.41) is 9.84. The third-order valence-electron chi connectivity index (χ3n) is 13.6. The Morgan fingerprint density at radius 3 is 2.15 bits per heavy atom. The minimum atomic E-state index is -2.77. The maximum Gasteiger partial charge on any atom is 0.328 e. The van der Waals surface area contributed by atoms with Crippen molar-refractivity contribution < 1.29 is 18.9 Å². The standard InChI is InChI=1S/C48H61BrN13O4P/c1-5-33-30-40(54-47-52-32-37(49)46(56-47)53-39-11-10-38-44(51-16-15-50-38)45(39)67(3,4)65)42(66-2)31-41(33)61-17-12-35(13-18-61)60-28-24-58(25-29-60)21-20-57-22-26-59(27-23-57)34-6-8-36(9-7-34)62-19-14-43(63)55-48(62)64/h6-11,15-16,30-32,35H,5,12-14,17-29H2,1-4H3,(H,55,63,64)(H2,52,53,54,56). The van der Waals surface area contributed by atoms with Gasteiger partial charge in [0.25, 0.3) is 0 Å². The fourth-order valence-corrected chi connectivity index (χ4v) is 11.6. The van der Waals surface area contributed by atoms with E-state index < -0.39 is 7.14 Å². The molecule has 4 aliphatic heterocycles. The van der Waals surface area contributed by atoms with Gasteiger partial charge in [-0.15, -0.1) is 0 Å². The van der Waals surface area contributed by atoms with Crippen LogP contribution in [0.15, 0.2) is 71.6 Å². The van der Waals surface area contributed by atoms with Gasteiger partial charge in [-0.3, -0.25) is 39.7 Å². The van der Waals surface area contributed by atoms with Gasteiger partial charge in [-0.25, -0.2) is 9.78 Å². The van der Waals surface area contributed by atoms with E-state index in [1.165, 1.54) is 16.9 Å². The molecule has 9 rings (SSSR count). The van der Waals surface area contributed by atoms with Crippen molar-refractivity contribution in [2.24, 2.45) is 0 Å². The molecule has 0 radical (unpaired) electrons. The number of amides is 3. The monoisotopic (exact) mass is 993 g/mol. The highest BCUT2D eigenvalue weighted by molar-refractivity contribution is 9.10. The summed E-state index contributed by atoms with van der Waals surface area (Å²) in [5.41, 5.74) is 7.16. The molecule has 354 valence electrons. The lowest BCUT2D eigenvalue weighted by Crippen LogP contribution is -2.55. The van der Waals surface area contributed by atoms with E-state index in [-0.39, 0.29) is 11.9 Å². The number of fused-ring (bicyclic) bond motifs is 1. The number of ether oxygens (including phenoxy) is 1. The van der Waals surface area contributed by atoms with E-state index >= 15 is 0 Å². The number of urea groups is 1. The van der Waals surface area contributed by atoms with E-state index in [1.807, 2.05) is 24.3 Å². The van der Waals surface area contributed by atoms with Crippen LogP contribution in [0.2, 0.25) is 0 Å². The summed E-state index contributed by atoms with van der Waals surface area (Å²) < 4.78 is 20.2. The van der Waals surface area contributed by atoms with E-state index in [1.54, 1.807) is 43.9 Å². The fourth-order valence-electron chi connectivity index (χ4n) is 9.88. The third kappa shape index (κ3) is 10.7. The Morgan fingerprint density at radius 1 is 0.791 bits per heavy atom. The minimum absolute atomic E-state index is 0.216. The van der Waals surface area contributed by atoms with Crippen LogP contribution in [-0.4, -0.2) is 158 Å². The third-order valence-corrected chi connectivity index (χ3v) is 15.7. The van der Waals surface area contributed by atoms with Crippen LogP contribution >= 0.6 is 23.1 Å². The number of methoxy groups -OCH3 is 1. The van der Waals surface area contributed by atoms with Crippen LogP contribution in [0.1, 0.15) is 31.7 Å². The molecule has 0 spiro atoms. The first-order valence-corrected chi connectivity index (χ1v) is 26.8. The predicted octanol–water partition coefficient (Wildman–Crippen LogP) is 6.34. The average molecular weight is 995 g/mol. The molecule has 5 aromatic rings. The van der Waals surface area contributed by atoms with Crippen LogP contribution in [-0.2, 0) is 15.8 Å². The molecule has 3 aromatic carbocycles. The first-order valence-electron chi connectivity index (χ1n) is 23.4. The number of piperazine rings is 2. The maximum atomic E-state index is 13.5. The molecule has 4 aliphatic rings. The van der Waals surface area contributed by atoms with Crippen molar-refractivity contribution in [2.45, 2.75) is 38.6 Å². The second-order valence-electron chi connectivity index (χ2n) is 18.1. The molecule has 2 aromatic heterocycles. The number of piperidine rings is 1. The highest BCUT2D eigenvalue weighted by atomic mass is 79.9. The predicted molar refractivity (Wildman–Crippen MR) is 271 cm³/mol. The van der Waals surface area contributed by atoms with Crippen LogP contribution in [0.25, 0.3) is 11.0 Å². The Bertz CT molecular complexity index is 2630. The van der Waals surface area contributed by atoms with Gasteiger partial charge >= 0.3 is 6.03 Å². The number of hydrogen-bond donors (Lipinski definition) is 3. The fraction of sp³-hybridized carbons (Fsp3) is 0.458. The molecule has 0 aliphatic carbocycles. The van der Waals surface area contributed by atoms with Gasteiger partial charge in [-0.05, 0) is 96.6 Å². The quantitative estimate of drug-likeness (QED) is 0.105. The van der Waals surface area contributed by atoms with Crippen LogP contribution < -0.4 is 40.7 Å². The first kappa shape index (κ1) is 46.7. The van der Waals surface area contributed by atoms with Crippen molar-refractivity contribution in [3.05, 3.63) is 77.2 Å². The molecule has 17 nitrogen and oxygen atoms in total. The number of rotatable bonds is 14. The molecule has 67 heavy (non-hydrogen) atoms. The number of carbonyl (C=O) groups is 2. The van der Waals surface area contributed by atoms with Gasteiger partial charge in [0, 0.05) is 139 Å². The smallest absolute Gasteiger partial charge is 0.328 e. The number of nitrogens with one attached hydrogen (secondary N) is 3. The van der Waals surface area contributed by atoms with Gasteiger partial charge in [0.15, 0.2) is 0 Å². The molecule has 4 fully saturated rings. The molecule has 6 heterocycles. The summed E-state index contributed by atoms with van der Waals surface area (Å²) in [6.07, 6.45) is 8.40. The van der Waals surface area contributed by atoms with Gasteiger partial charge in [0.2, 0.25) is 11.9 Å². The molecule has 3 N–H and O–H groups in total. The Hall–Kier alpha value is -5.39. The normalized spacial score (nSPS) is 18.4. The number of benzene rings is 3. The van der Waals surface area contributed by atoms with Crippen molar-refractivity contribution in [2.75, 3.05) is 131 Å². The Morgan fingerprint density at radius 2 is 1.48 bits per heavy atom. The molecular weight excluding hydrogens is 933 g/mol. The number of halogens is 1. The van der Waals surface area contributed by atoms with Crippen molar-refractivity contribution in [1.82, 2.24) is 40.0 Å². The number of imide groups is 1. The lowest BCUT2D eigenvalue weighted by atomic mass is 9.99. The number of anilines is 7. The molecular formula is C48H61BrN13O4P. The van der Waals surface area contributed by atoms with Gasteiger partial charge < -0.3 is 29.7 Å². The topological polar surface area (TPSA) is 168 Å². The molecule has 0 saturated carbocycles. The molecule has 0 atom stereocenters. The van der Waals surface area contributed by atoms with Crippen molar-refractivity contribution in [3.8, 4) is 5.75 Å². The molecule has 19 heteroatoms. The van der Waals surface area contributed by atoms with Crippen LogP contribution in [0.3, 0.4) is 0 Å². The van der Waals surface area contributed by atoms with Crippen LogP contribution in [0.4, 0.5) is 45.0 Å².